The Balaban J connectivity index is 2.31. The van der Waals surface area contributed by atoms with Crippen LogP contribution in [-0.4, -0.2) is 24.1 Å². The molecular weight excluding hydrogens is 242 g/mol. The van der Waals surface area contributed by atoms with E-state index in [1.807, 2.05) is 43.1 Å². The summed E-state index contributed by atoms with van der Waals surface area (Å²) in [5.74, 6) is 8.22. The standard InChI is InChI=1S/C13H17N5O/c1-9-15-12(17-14)8-13(16-9)18(2)10-4-6-11(19-3)7-5-10/h4-8H,14H2,1-3H3,(H,15,16,17). The maximum Gasteiger partial charge on any atom is 0.145 e. The molecule has 0 unspecified atom stereocenters. The van der Waals surface area contributed by atoms with Crippen molar-refractivity contribution in [1.82, 2.24) is 9.97 Å². The maximum absolute atomic E-state index is 5.39. The van der Waals surface area contributed by atoms with Crippen LogP contribution in [0.5, 0.6) is 5.75 Å². The number of hydrogen-bond donors (Lipinski definition) is 2. The lowest BCUT2D eigenvalue weighted by molar-refractivity contribution is 0.415. The van der Waals surface area contributed by atoms with Crippen molar-refractivity contribution in [3.8, 4) is 5.75 Å². The molecule has 3 N–H and O–H groups in total. The van der Waals surface area contributed by atoms with E-state index in [9.17, 15) is 0 Å². The lowest BCUT2D eigenvalue weighted by atomic mass is 10.3. The summed E-state index contributed by atoms with van der Waals surface area (Å²) in [5, 5.41) is 0. The Labute approximate surface area is 112 Å². The van der Waals surface area contributed by atoms with Gasteiger partial charge in [0.2, 0.25) is 0 Å². The Bertz CT molecular complexity index is 555. The van der Waals surface area contributed by atoms with Gasteiger partial charge < -0.3 is 15.1 Å². The van der Waals surface area contributed by atoms with Crippen LogP contribution in [0, 0.1) is 6.92 Å². The third-order valence-electron chi connectivity index (χ3n) is 2.78. The molecule has 0 atom stereocenters. The molecule has 0 saturated heterocycles. The molecule has 0 aliphatic carbocycles. The van der Waals surface area contributed by atoms with E-state index in [1.54, 1.807) is 13.2 Å². The predicted octanol–water partition coefficient (Wildman–Crippen LogP) is 1.85. The number of aromatic nitrogens is 2. The highest BCUT2D eigenvalue weighted by Gasteiger charge is 2.08. The minimum absolute atomic E-state index is 0.586. The second-order valence-electron chi connectivity index (χ2n) is 4.06. The molecule has 100 valence electrons. The summed E-state index contributed by atoms with van der Waals surface area (Å²) in [6.45, 7) is 1.83. The van der Waals surface area contributed by atoms with Gasteiger partial charge in [-0.2, -0.15) is 0 Å². The van der Waals surface area contributed by atoms with Crippen molar-refractivity contribution in [2.75, 3.05) is 24.5 Å². The van der Waals surface area contributed by atoms with Gasteiger partial charge in [-0.15, -0.1) is 0 Å². The first kappa shape index (κ1) is 13.1. The van der Waals surface area contributed by atoms with Gasteiger partial charge in [0.05, 0.1) is 7.11 Å². The molecule has 0 radical (unpaired) electrons. The number of aryl methyl sites for hydroxylation is 1. The number of ether oxygens (including phenoxy) is 1. The fourth-order valence-electron chi connectivity index (χ4n) is 1.74. The summed E-state index contributed by atoms with van der Waals surface area (Å²) >= 11 is 0. The number of rotatable bonds is 4. The molecule has 0 saturated carbocycles. The molecule has 1 aromatic heterocycles. The second kappa shape index (κ2) is 5.53. The summed E-state index contributed by atoms with van der Waals surface area (Å²) < 4.78 is 5.14. The summed E-state index contributed by atoms with van der Waals surface area (Å²) in [6.07, 6.45) is 0. The molecule has 0 aliphatic heterocycles. The fourth-order valence-corrected chi connectivity index (χ4v) is 1.74. The van der Waals surface area contributed by atoms with E-state index >= 15 is 0 Å². The fraction of sp³-hybridized carbons (Fsp3) is 0.231. The first-order chi connectivity index (χ1) is 9.13. The normalized spacial score (nSPS) is 10.1. The van der Waals surface area contributed by atoms with Gasteiger partial charge in [-0.3, -0.25) is 0 Å². The monoisotopic (exact) mass is 259 g/mol. The zero-order valence-electron chi connectivity index (χ0n) is 11.2. The lowest BCUT2D eigenvalue weighted by Crippen LogP contribution is -2.15. The molecule has 2 rings (SSSR count). The molecule has 0 fully saturated rings. The Morgan fingerprint density at radius 3 is 2.47 bits per heavy atom. The van der Waals surface area contributed by atoms with Crippen LogP contribution in [0.15, 0.2) is 30.3 Å². The van der Waals surface area contributed by atoms with E-state index in [4.69, 9.17) is 10.6 Å². The molecule has 6 heteroatoms. The number of nitrogens with zero attached hydrogens (tertiary/aromatic N) is 3. The molecule has 0 bridgehead atoms. The Kier molecular flexibility index (Phi) is 3.82. The van der Waals surface area contributed by atoms with Crippen LogP contribution in [0.25, 0.3) is 0 Å². The van der Waals surface area contributed by atoms with E-state index < -0.39 is 0 Å². The summed E-state index contributed by atoms with van der Waals surface area (Å²) in [7, 11) is 3.58. The lowest BCUT2D eigenvalue weighted by Gasteiger charge is -2.19. The number of hydrogen-bond acceptors (Lipinski definition) is 6. The van der Waals surface area contributed by atoms with Gasteiger partial charge in [0.25, 0.3) is 0 Å². The summed E-state index contributed by atoms with van der Waals surface area (Å²) in [4.78, 5) is 10.5. The van der Waals surface area contributed by atoms with E-state index in [2.05, 4.69) is 15.4 Å². The zero-order chi connectivity index (χ0) is 13.8. The Morgan fingerprint density at radius 2 is 1.89 bits per heavy atom. The van der Waals surface area contributed by atoms with E-state index in [1.165, 1.54) is 0 Å². The highest BCUT2D eigenvalue weighted by molar-refractivity contribution is 5.62. The Morgan fingerprint density at radius 1 is 1.21 bits per heavy atom. The highest BCUT2D eigenvalue weighted by Crippen LogP contribution is 2.25. The maximum atomic E-state index is 5.39. The first-order valence-electron chi connectivity index (χ1n) is 5.84. The number of hydrazine groups is 1. The molecular formula is C13H17N5O. The molecule has 1 aromatic carbocycles. The van der Waals surface area contributed by atoms with Gasteiger partial charge in [-0.25, -0.2) is 15.8 Å². The SMILES string of the molecule is COc1ccc(N(C)c2cc(NN)nc(C)n2)cc1. The van der Waals surface area contributed by atoms with Crippen molar-refractivity contribution in [3.63, 3.8) is 0 Å². The van der Waals surface area contributed by atoms with Gasteiger partial charge in [-0.05, 0) is 31.2 Å². The van der Waals surface area contributed by atoms with Crippen LogP contribution in [0.3, 0.4) is 0 Å². The largest absolute Gasteiger partial charge is 0.497 e. The summed E-state index contributed by atoms with van der Waals surface area (Å²) in [5.41, 5.74) is 3.54. The van der Waals surface area contributed by atoms with Crippen molar-refractivity contribution in [2.45, 2.75) is 6.92 Å². The van der Waals surface area contributed by atoms with Crippen molar-refractivity contribution in [1.29, 1.82) is 0 Å². The number of nitrogens with two attached hydrogens (primary N) is 1. The predicted molar refractivity (Wildman–Crippen MR) is 75.6 cm³/mol. The number of anilines is 3. The van der Waals surface area contributed by atoms with E-state index in [0.717, 1.165) is 17.3 Å². The molecule has 19 heavy (non-hydrogen) atoms. The van der Waals surface area contributed by atoms with Crippen LogP contribution >= 0.6 is 0 Å². The smallest absolute Gasteiger partial charge is 0.145 e. The van der Waals surface area contributed by atoms with Crippen molar-refractivity contribution >= 4 is 17.3 Å². The third kappa shape index (κ3) is 2.92. The third-order valence-corrected chi connectivity index (χ3v) is 2.78. The number of methoxy groups -OCH3 is 1. The average molecular weight is 259 g/mol. The van der Waals surface area contributed by atoms with Gasteiger partial charge in [0.15, 0.2) is 0 Å². The van der Waals surface area contributed by atoms with Crippen molar-refractivity contribution in [3.05, 3.63) is 36.2 Å². The van der Waals surface area contributed by atoms with Gasteiger partial charge >= 0.3 is 0 Å². The molecule has 6 nitrogen and oxygen atoms in total. The van der Waals surface area contributed by atoms with Crippen LogP contribution in [0.2, 0.25) is 0 Å². The van der Waals surface area contributed by atoms with Crippen LogP contribution in [-0.2, 0) is 0 Å². The van der Waals surface area contributed by atoms with Gasteiger partial charge in [0.1, 0.15) is 23.2 Å². The Hall–Kier alpha value is -2.34. The molecule has 0 amide bonds. The zero-order valence-corrected chi connectivity index (χ0v) is 11.2. The minimum atomic E-state index is 0.586. The van der Waals surface area contributed by atoms with Crippen LogP contribution in [0.4, 0.5) is 17.3 Å². The topological polar surface area (TPSA) is 76.3 Å². The average Bonchev–Trinajstić information content (AvgIpc) is 2.46. The van der Waals surface area contributed by atoms with Crippen LogP contribution in [0.1, 0.15) is 5.82 Å². The number of nitrogens with one attached hydrogen (secondary N) is 1. The van der Waals surface area contributed by atoms with Crippen LogP contribution < -0.4 is 20.9 Å². The number of nitrogen functional groups attached to an aromatic ring is 1. The molecule has 0 aliphatic rings. The van der Waals surface area contributed by atoms with E-state index in [0.29, 0.717) is 11.6 Å². The molecule has 0 spiro atoms. The quantitative estimate of drug-likeness (QED) is 0.644. The second-order valence-corrected chi connectivity index (χ2v) is 4.06. The van der Waals surface area contributed by atoms with Gasteiger partial charge in [-0.1, -0.05) is 0 Å². The first-order valence-corrected chi connectivity index (χ1v) is 5.84. The van der Waals surface area contributed by atoms with Crippen molar-refractivity contribution < 1.29 is 4.74 Å². The van der Waals surface area contributed by atoms with Crippen molar-refractivity contribution in [2.24, 2.45) is 5.84 Å². The van der Waals surface area contributed by atoms with E-state index in [-0.39, 0.29) is 0 Å². The molecule has 2 aromatic rings. The van der Waals surface area contributed by atoms with Gasteiger partial charge in [0, 0.05) is 18.8 Å². The molecule has 1 heterocycles. The highest BCUT2D eigenvalue weighted by atomic mass is 16.5. The number of benzene rings is 1. The minimum Gasteiger partial charge on any atom is -0.497 e. The summed E-state index contributed by atoms with van der Waals surface area (Å²) in [6, 6.07) is 9.53.